The quantitative estimate of drug-likeness (QED) is 0.646. The Labute approximate surface area is 113 Å². The zero-order valence-corrected chi connectivity index (χ0v) is 10.6. The number of imidazole rings is 1. The fourth-order valence-electron chi connectivity index (χ4n) is 2.33. The fourth-order valence-corrected chi connectivity index (χ4v) is 2.33. The number of nitrogens with zero attached hydrogens (tertiary/aromatic N) is 2. The van der Waals surface area contributed by atoms with Crippen molar-refractivity contribution in [3.05, 3.63) is 59.9 Å². The van der Waals surface area contributed by atoms with Gasteiger partial charge in [-0.2, -0.15) is 13.2 Å². The number of hydrogen-bond donors (Lipinski definition) is 0. The second kappa shape index (κ2) is 4.37. The standard InChI is InChI=1S/C15H11F3N2/c1-10-5-4-6-11-9-19-14(20(10)11)12-7-2-3-8-13(12)15(16,17)18/h2-9H,1H3. The van der Waals surface area contributed by atoms with Gasteiger partial charge in [0, 0.05) is 11.3 Å². The molecule has 0 fully saturated rings. The lowest BCUT2D eigenvalue weighted by Gasteiger charge is -2.12. The number of aryl methyl sites for hydroxylation is 1. The van der Waals surface area contributed by atoms with Gasteiger partial charge in [0.15, 0.2) is 0 Å². The maximum absolute atomic E-state index is 13.1. The van der Waals surface area contributed by atoms with Gasteiger partial charge in [-0.3, -0.25) is 4.40 Å². The second-order valence-corrected chi connectivity index (χ2v) is 4.55. The van der Waals surface area contributed by atoms with Crippen LogP contribution in [0.25, 0.3) is 16.9 Å². The summed E-state index contributed by atoms with van der Waals surface area (Å²) >= 11 is 0. The van der Waals surface area contributed by atoms with Crippen molar-refractivity contribution in [1.82, 2.24) is 9.38 Å². The van der Waals surface area contributed by atoms with Gasteiger partial charge in [0.25, 0.3) is 0 Å². The molecule has 0 saturated heterocycles. The van der Waals surface area contributed by atoms with Crippen LogP contribution < -0.4 is 0 Å². The fraction of sp³-hybridized carbons (Fsp3) is 0.133. The minimum Gasteiger partial charge on any atom is -0.297 e. The maximum Gasteiger partial charge on any atom is 0.417 e. The first kappa shape index (κ1) is 12.7. The Morgan fingerprint density at radius 2 is 1.75 bits per heavy atom. The molecule has 2 aromatic heterocycles. The van der Waals surface area contributed by atoms with E-state index in [1.165, 1.54) is 12.1 Å². The average molecular weight is 276 g/mol. The largest absolute Gasteiger partial charge is 0.417 e. The Morgan fingerprint density at radius 1 is 1.00 bits per heavy atom. The van der Waals surface area contributed by atoms with Crippen molar-refractivity contribution in [2.24, 2.45) is 0 Å². The topological polar surface area (TPSA) is 17.3 Å². The molecule has 3 aromatic rings. The van der Waals surface area contributed by atoms with Crippen LogP contribution >= 0.6 is 0 Å². The number of halogens is 3. The number of pyridine rings is 1. The van der Waals surface area contributed by atoms with E-state index in [0.29, 0.717) is 5.82 Å². The van der Waals surface area contributed by atoms with Crippen LogP contribution in [-0.4, -0.2) is 9.38 Å². The zero-order valence-electron chi connectivity index (χ0n) is 10.6. The zero-order chi connectivity index (χ0) is 14.3. The summed E-state index contributed by atoms with van der Waals surface area (Å²) in [5, 5.41) is 0. The predicted molar refractivity (Wildman–Crippen MR) is 70.4 cm³/mol. The molecule has 2 heterocycles. The number of hydrogen-bond acceptors (Lipinski definition) is 1. The van der Waals surface area contributed by atoms with Crippen molar-refractivity contribution >= 4 is 5.52 Å². The number of rotatable bonds is 1. The van der Waals surface area contributed by atoms with Gasteiger partial charge in [-0.25, -0.2) is 4.98 Å². The molecular formula is C15H11F3N2. The van der Waals surface area contributed by atoms with E-state index in [1.54, 1.807) is 16.7 Å². The molecule has 0 spiro atoms. The number of benzene rings is 1. The van der Waals surface area contributed by atoms with Gasteiger partial charge in [0.2, 0.25) is 0 Å². The lowest BCUT2D eigenvalue weighted by Crippen LogP contribution is -2.08. The van der Waals surface area contributed by atoms with Crippen molar-refractivity contribution in [2.75, 3.05) is 0 Å². The van der Waals surface area contributed by atoms with Gasteiger partial charge >= 0.3 is 6.18 Å². The minimum absolute atomic E-state index is 0.0919. The van der Waals surface area contributed by atoms with Gasteiger partial charge in [-0.05, 0) is 25.1 Å². The molecule has 0 bridgehead atoms. The number of aromatic nitrogens is 2. The van der Waals surface area contributed by atoms with Crippen molar-refractivity contribution in [2.45, 2.75) is 13.1 Å². The SMILES string of the molecule is Cc1cccc2cnc(-c3ccccc3C(F)(F)F)n12. The highest BCUT2D eigenvalue weighted by Gasteiger charge is 2.34. The number of fused-ring (bicyclic) bond motifs is 1. The van der Waals surface area contributed by atoms with Crippen LogP contribution in [0.2, 0.25) is 0 Å². The van der Waals surface area contributed by atoms with E-state index in [4.69, 9.17) is 0 Å². The third-order valence-electron chi connectivity index (χ3n) is 3.22. The monoisotopic (exact) mass is 276 g/mol. The summed E-state index contributed by atoms with van der Waals surface area (Å²) in [5.41, 5.74) is 1.04. The van der Waals surface area contributed by atoms with Crippen molar-refractivity contribution in [3.8, 4) is 11.4 Å². The molecule has 0 aliphatic carbocycles. The van der Waals surface area contributed by atoms with Gasteiger partial charge in [0.05, 0.1) is 17.3 Å². The maximum atomic E-state index is 13.1. The highest BCUT2D eigenvalue weighted by Crippen LogP contribution is 2.36. The summed E-state index contributed by atoms with van der Waals surface area (Å²) in [4.78, 5) is 4.16. The molecule has 2 nitrogen and oxygen atoms in total. The van der Waals surface area contributed by atoms with Crippen LogP contribution in [-0.2, 0) is 6.18 Å². The van der Waals surface area contributed by atoms with Crippen LogP contribution in [0, 0.1) is 6.92 Å². The van der Waals surface area contributed by atoms with E-state index in [9.17, 15) is 13.2 Å². The van der Waals surface area contributed by atoms with Crippen LogP contribution in [0.4, 0.5) is 13.2 Å². The molecule has 0 saturated carbocycles. The summed E-state index contributed by atoms with van der Waals surface area (Å²) in [6, 6.07) is 11.0. The summed E-state index contributed by atoms with van der Waals surface area (Å²) in [6.45, 7) is 1.84. The van der Waals surface area contributed by atoms with Gasteiger partial charge in [-0.15, -0.1) is 0 Å². The molecule has 20 heavy (non-hydrogen) atoms. The van der Waals surface area contributed by atoms with Crippen LogP contribution in [0.1, 0.15) is 11.3 Å². The van der Waals surface area contributed by atoms with Crippen molar-refractivity contribution in [1.29, 1.82) is 0 Å². The first-order chi connectivity index (χ1) is 9.48. The van der Waals surface area contributed by atoms with E-state index in [1.807, 2.05) is 25.1 Å². The van der Waals surface area contributed by atoms with Crippen LogP contribution in [0.5, 0.6) is 0 Å². The third kappa shape index (κ3) is 1.95. The Hall–Kier alpha value is -2.30. The van der Waals surface area contributed by atoms with Gasteiger partial charge < -0.3 is 0 Å². The summed E-state index contributed by atoms with van der Waals surface area (Å²) in [6.07, 6.45) is -2.82. The lowest BCUT2D eigenvalue weighted by molar-refractivity contribution is -0.137. The highest BCUT2D eigenvalue weighted by molar-refractivity contribution is 5.66. The summed E-state index contributed by atoms with van der Waals surface area (Å²) in [7, 11) is 0. The van der Waals surface area contributed by atoms with E-state index in [2.05, 4.69) is 4.98 Å². The molecule has 0 aliphatic rings. The normalized spacial score (nSPS) is 12.0. The Kier molecular flexibility index (Phi) is 2.78. The molecule has 102 valence electrons. The van der Waals surface area contributed by atoms with Crippen LogP contribution in [0.15, 0.2) is 48.7 Å². The van der Waals surface area contributed by atoms with E-state index < -0.39 is 11.7 Å². The smallest absolute Gasteiger partial charge is 0.297 e. The van der Waals surface area contributed by atoms with E-state index >= 15 is 0 Å². The molecule has 3 rings (SSSR count). The second-order valence-electron chi connectivity index (χ2n) is 4.55. The molecule has 0 radical (unpaired) electrons. The van der Waals surface area contributed by atoms with E-state index in [0.717, 1.165) is 17.3 Å². The summed E-state index contributed by atoms with van der Waals surface area (Å²) in [5.74, 6) is 0.311. The third-order valence-corrected chi connectivity index (χ3v) is 3.22. The minimum atomic E-state index is -4.40. The molecule has 0 N–H and O–H groups in total. The van der Waals surface area contributed by atoms with Crippen molar-refractivity contribution < 1.29 is 13.2 Å². The van der Waals surface area contributed by atoms with Crippen molar-refractivity contribution in [3.63, 3.8) is 0 Å². The first-order valence-corrected chi connectivity index (χ1v) is 6.08. The summed E-state index contributed by atoms with van der Waals surface area (Å²) < 4.78 is 41.0. The molecule has 5 heteroatoms. The predicted octanol–water partition coefficient (Wildman–Crippen LogP) is 4.33. The van der Waals surface area contributed by atoms with Gasteiger partial charge in [-0.1, -0.05) is 24.3 Å². The first-order valence-electron chi connectivity index (χ1n) is 6.08. The molecule has 0 amide bonds. The van der Waals surface area contributed by atoms with E-state index in [-0.39, 0.29) is 5.56 Å². The molecule has 0 aliphatic heterocycles. The molecule has 0 unspecified atom stereocenters. The highest BCUT2D eigenvalue weighted by atomic mass is 19.4. The Morgan fingerprint density at radius 3 is 2.50 bits per heavy atom. The lowest BCUT2D eigenvalue weighted by atomic mass is 10.1. The molecule has 0 atom stereocenters. The Balaban J connectivity index is 2.33. The average Bonchev–Trinajstić information content (AvgIpc) is 2.83. The number of alkyl halides is 3. The van der Waals surface area contributed by atoms with Crippen LogP contribution in [0.3, 0.4) is 0 Å². The Bertz CT molecular complexity index is 772. The molecule has 1 aromatic carbocycles. The van der Waals surface area contributed by atoms with Gasteiger partial charge in [0.1, 0.15) is 5.82 Å². The molecular weight excluding hydrogens is 265 g/mol.